The van der Waals surface area contributed by atoms with Gasteiger partial charge in [0.2, 0.25) is 0 Å². The van der Waals surface area contributed by atoms with Crippen LogP contribution in [0.5, 0.6) is 0 Å². The highest BCUT2D eigenvalue weighted by atomic mass is 14.9. The zero-order chi connectivity index (χ0) is 13.1. The fraction of sp³-hybridized carbons (Fsp3) is 1.00. The Kier molecular flexibility index (Phi) is 5.52. The molecule has 0 aromatic rings. The van der Waals surface area contributed by atoms with Crippen LogP contribution < -0.4 is 5.32 Å². The Morgan fingerprint density at radius 2 is 1.44 bits per heavy atom. The van der Waals surface area contributed by atoms with Crippen molar-refractivity contribution in [3.05, 3.63) is 0 Å². The number of nitrogens with one attached hydrogen (secondary N) is 1. The molecule has 0 fully saturated rings. The minimum atomic E-state index is 0.175. The molecule has 0 bridgehead atoms. The van der Waals surface area contributed by atoms with E-state index in [0.717, 1.165) is 17.8 Å². The van der Waals surface area contributed by atoms with E-state index < -0.39 is 0 Å². The van der Waals surface area contributed by atoms with Gasteiger partial charge in [-0.25, -0.2) is 0 Å². The van der Waals surface area contributed by atoms with E-state index in [1.807, 2.05) is 0 Å². The summed E-state index contributed by atoms with van der Waals surface area (Å²) in [7, 11) is 2.07. The summed E-state index contributed by atoms with van der Waals surface area (Å²) in [5, 5.41) is 3.48. The summed E-state index contributed by atoms with van der Waals surface area (Å²) in [6.45, 7) is 18.9. The highest BCUT2D eigenvalue weighted by Crippen LogP contribution is 2.44. The number of rotatable bonds is 6. The maximum absolute atomic E-state index is 3.48. The Labute approximate surface area is 103 Å². The second kappa shape index (κ2) is 5.53. The summed E-state index contributed by atoms with van der Waals surface area (Å²) < 4.78 is 0. The third-order valence-electron chi connectivity index (χ3n) is 5.34. The van der Waals surface area contributed by atoms with Crippen LogP contribution in [-0.2, 0) is 0 Å². The molecule has 16 heavy (non-hydrogen) atoms. The topological polar surface area (TPSA) is 12.0 Å². The second-order valence-electron chi connectivity index (χ2n) is 6.70. The van der Waals surface area contributed by atoms with Gasteiger partial charge in [0.1, 0.15) is 0 Å². The first-order valence-corrected chi connectivity index (χ1v) is 6.80. The van der Waals surface area contributed by atoms with Gasteiger partial charge >= 0.3 is 0 Å². The number of hydrogen-bond donors (Lipinski definition) is 1. The van der Waals surface area contributed by atoms with Crippen molar-refractivity contribution in [2.45, 2.75) is 67.3 Å². The quantitative estimate of drug-likeness (QED) is 0.712. The van der Waals surface area contributed by atoms with Gasteiger partial charge in [0.05, 0.1) is 0 Å². The molecule has 0 aliphatic rings. The molecule has 0 aliphatic heterocycles. The average molecular weight is 227 g/mol. The SMILES string of the molecule is CCC(C(C)C)C(C)C(C)(C)C(C)(C)NC. The van der Waals surface area contributed by atoms with E-state index in [-0.39, 0.29) is 5.54 Å². The van der Waals surface area contributed by atoms with Gasteiger partial charge in [0.25, 0.3) is 0 Å². The first-order chi connectivity index (χ1) is 7.11. The van der Waals surface area contributed by atoms with E-state index in [1.165, 1.54) is 6.42 Å². The summed E-state index contributed by atoms with van der Waals surface area (Å²) in [4.78, 5) is 0. The molecular formula is C15H33N. The highest BCUT2D eigenvalue weighted by molar-refractivity contribution is 4.97. The lowest BCUT2D eigenvalue weighted by atomic mass is 9.60. The van der Waals surface area contributed by atoms with E-state index in [1.54, 1.807) is 0 Å². The molecule has 0 aliphatic carbocycles. The molecule has 0 saturated heterocycles. The van der Waals surface area contributed by atoms with E-state index in [4.69, 9.17) is 0 Å². The minimum Gasteiger partial charge on any atom is -0.314 e. The molecule has 0 rings (SSSR count). The number of hydrogen-bond acceptors (Lipinski definition) is 1. The van der Waals surface area contributed by atoms with Crippen LogP contribution in [0.2, 0.25) is 0 Å². The van der Waals surface area contributed by atoms with Gasteiger partial charge in [0.15, 0.2) is 0 Å². The van der Waals surface area contributed by atoms with Crippen molar-refractivity contribution >= 4 is 0 Å². The van der Waals surface area contributed by atoms with Crippen LogP contribution in [0.25, 0.3) is 0 Å². The fourth-order valence-electron chi connectivity index (χ4n) is 2.83. The molecule has 98 valence electrons. The lowest BCUT2D eigenvalue weighted by Gasteiger charge is -2.49. The Morgan fingerprint density at radius 3 is 1.69 bits per heavy atom. The van der Waals surface area contributed by atoms with Crippen LogP contribution in [0.4, 0.5) is 0 Å². The van der Waals surface area contributed by atoms with Crippen molar-refractivity contribution in [2.75, 3.05) is 7.05 Å². The summed E-state index contributed by atoms with van der Waals surface area (Å²) in [6, 6.07) is 0. The lowest BCUT2D eigenvalue weighted by molar-refractivity contribution is 0.0381. The normalized spacial score (nSPS) is 17.6. The van der Waals surface area contributed by atoms with Crippen molar-refractivity contribution in [2.24, 2.45) is 23.2 Å². The Hall–Kier alpha value is -0.0400. The standard InChI is InChI=1S/C15H33N/c1-10-13(11(2)3)12(4)14(5,6)15(7,8)16-9/h11-13,16H,10H2,1-9H3. The van der Waals surface area contributed by atoms with Crippen LogP contribution in [0.1, 0.15) is 61.8 Å². The van der Waals surface area contributed by atoms with Gasteiger partial charge in [-0.05, 0) is 44.1 Å². The predicted octanol–water partition coefficient (Wildman–Crippen LogP) is 4.33. The van der Waals surface area contributed by atoms with Crippen molar-refractivity contribution in [1.82, 2.24) is 5.32 Å². The smallest absolute Gasteiger partial charge is 0.0175 e. The van der Waals surface area contributed by atoms with Crippen molar-refractivity contribution in [3.8, 4) is 0 Å². The van der Waals surface area contributed by atoms with Gasteiger partial charge < -0.3 is 5.32 Å². The molecule has 1 nitrogen and oxygen atoms in total. The molecule has 0 spiro atoms. The molecule has 0 saturated carbocycles. The lowest BCUT2D eigenvalue weighted by Crippen LogP contribution is -2.54. The molecule has 2 unspecified atom stereocenters. The van der Waals surface area contributed by atoms with E-state index in [2.05, 4.69) is 67.8 Å². The summed E-state index contributed by atoms with van der Waals surface area (Å²) >= 11 is 0. The van der Waals surface area contributed by atoms with Gasteiger partial charge in [0, 0.05) is 5.54 Å². The zero-order valence-corrected chi connectivity index (χ0v) is 12.9. The van der Waals surface area contributed by atoms with Crippen LogP contribution >= 0.6 is 0 Å². The van der Waals surface area contributed by atoms with Crippen LogP contribution in [0, 0.1) is 23.2 Å². The molecule has 0 aromatic carbocycles. The molecule has 1 heteroatoms. The maximum Gasteiger partial charge on any atom is 0.0175 e. The molecule has 0 amide bonds. The minimum absolute atomic E-state index is 0.175. The molecule has 0 aromatic heterocycles. The second-order valence-corrected chi connectivity index (χ2v) is 6.70. The summed E-state index contributed by atoms with van der Waals surface area (Å²) in [6.07, 6.45) is 1.28. The van der Waals surface area contributed by atoms with Crippen molar-refractivity contribution in [1.29, 1.82) is 0 Å². The molecule has 0 heterocycles. The Balaban J connectivity index is 5.00. The fourth-order valence-corrected chi connectivity index (χ4v) is 2.83. The van der Waals surface area contributed by atoms with Gasteiger partial charge in [-0.2, -0.15) is 0 Å². The first-order valence-electron chi connectivity index (χ1n) is 6.80. The third kappa shape index (κ3) is 3.00. The Morgan fingerprint density at radius 1 is 1.00 bits per heavy atom. The van der Waals surface area contributed by atoms with Gasteiger partial charge in [-0.1, -0.05) is 48.0 Å². The average Bonchev–Trinajstić information content (AvgIpc) is 2.17. The summed E-state index contributed by atoms with van der Waals surface area (Å²) in [5.74, 6) is 2.30. The van der Waals surface area contributed by atoms with Crippen LogP contribution in [0.15, 0.2) is 0 Å². The van der Waals surface area contributed by atoms with Crippen LogP contribution in [-0.4, -0.2) is 12.6 Å². The molecule has 2 atom stereocenters. The van der Waals surface area contributed by atoms with Crippen LogP contribution in [0.3, 0.4) is 0 Å². The largest absolute Gasteiger partial charge is 0.314 e. The molecule has 0 radical (unpaired) electrons. The van der Waals surface area contributed by atoms with E-state index >= 15 is 0 Å². The molecule has 1 N–H and O–H groups in total. The predicted molar refractivity (Wildman–Crippen MR) is 74.7 cm³/mol. The third-order valence-corrected chi connectivity index (χ3v) is 5.34. The molecular weight excluding hydrogens is 194 g/mol. The van der Waals surface area contributed by atoms with Crippen molar-refractivity contribution in [3.63, 3.8) is 0 Å². The van der Waals surface area contributed by atoms with E-state index in [0.29, 0.717) is 5.41 Å². The maximum atomic E-state index is 3.48. The Bertz CT molecular complexity index is 203. The van der Waals surface area contributed by atoms with E-state index in [9.17, 15) is 0 Å². The zero-order valence-electron chi connectivity index (χ0n) is 12.9. The monoisotopic (exact) mass is 227 g/mol. The van der Waals surface area contributed by atoms with Gasteiger partial charge in [-0.3, -0.25) is 0 Å². The van der Waals surface area contributed by atoms with Crippen molar-refractivity contribution < 1.29 is 0 Å². The summed E-state index contributed by atoms with van der Waals surface area (Å²) in [5.41, 5.74) is 0.474. The highest BCUT2D eigenvalue weighted by Gasteiger charge is 2.43. The van der Waals surface area contributed by atoms with Gasteiger partial charge in [-0.15, -0.1) is 0 Å². The first kappa shape index (κ1) is 16.0.